The van der Waals surface area contributed by atoms with Crippen molar-refractivity contribution in [3.8, 4) is 11.8 Å². The zero-order valence-corrected chi connectivity index (χ0v) is 12.0. The van der Waals surface area contributed by atoms with Crippen LogP contribution in [0, 0.1) is 17.7 Å². The first-order valence-electron chi connectivity index (χ1n) is 6.99. The molecule has 1 saturated heterocycles. The Bertz CT molecular complexity index is 577. The van der Waals surface area contributed by atoms with Gasteiger partial charge in [-0.3, -0.25) is 4.79 Å². The van der Waals surface area contributed by atoms with Crippen molar-refractivity contribution in [2.45, 2.75) is 18.9 Å². The monoisotopic (exact) mass is 290 g/mol. The quantitative estimate of drug-likeness (QED) is 0.799. The standard InChI is InChI=1S/C16H19FN2O2/c1-19-8-2-5-13(11-19)18-16(21)14-7-6-12(4-3-9-20)10-15(14)17/h6-7,10,13,20H,2,5,8-9,11H2,1H3,(H,18,21). The molecule has 0 aromatic heterocycles. The maximum Gasteiger partial charge on any atom is 0.254 e. The largest absolute Gasteiger partial charge is 0.384 e. The Labute approximate surface area is 124 Å². The molecule has 0 spiro atoms. The van der Waals surface area contributed by atoms with E-state index in [1.807, 2.05) is 7.05 Å². The van der Waals surface area contributed by atoms with Gasteiger partial charge in [0.05, 0.1) is 5.56 Å². The number of likely N-dealkylation sites (N-methyl/N-ethyl adjacent to an activating group) is 1. The molecule has 5 heteroatoms. The summed E-state index contributed by atoms with van der Waals surface area (Å²) in [7, 11) is 2.01. The van der Waals surface area contributed by atoms with Gasteiger partial charge in [0.15, 0.2) is 0 Å². The molecule has 1 unspecified atom stereocenters. The summed E-state index contributed by atoms with van der Waals surface area (Å²) in [5.74, 6) is 4.06. The Morgan fingerprint density at radius 2 is 2.38 bits per heavy atom. The third-order valence-corrected chi connectivity index (χ3v) is 3.49. The number of hydrogen-bond acceptors (Lipinski definition) is 3. The van der Waals surface area contributed by atoms with Gasteiger partial charge in [-0.05, 0) is 44.6 Å². The minimum Gasteiger partial charge on any atom is -0.384 e. The summed E-state index contributed by atoms with van der Waals surface area (Å²) in [4.78, 5) is 14.3. The third kappa shape index (κ3) is 4.28. The molecule has 4 nitrogen and oxygen atoms in total. The number of piperidine rings is 1. The van der Waals surface area contributed by atoms with Gasteiger partial charge >= 0.3 is 0 Å². The van der Waals surface area contributed by atoms with Gasteiger partial charge in [-0.1, -0.05) is 11.8 Å². The van der Waals surface area contributed by atoms with Crippen LogP contribution in [0.2, 0.25) is 0 Å². The number of nitrogens with zero attached hydrogens (tertiary/aromatic N) is 1. The van der Waals surface area contributed by atoms with E-state index in [0.717, 1.165) is 25.9 Å². The predicted octanol–water partition coefficient (Wildman–Crippen LogP) is 0.993. The number of aliphatic hydroxyl groups is 1. The molecule has 0 aliphatic carbocycles. The van der Waals surface area contributed by atoms with Crippen molar-refractivity contribution < 1.29 is 14.3 Å². The molecule has 21 heavy (non-hydrogen) atoms. The summed E-state index contributed by atoms with van der Waals surface area (Å²) in [6.45, 7) is 1.53. The zero-order valence-electron chi connectivity index (χ0n) is 12.0. The molecular formula is C16H19FN2O2. The molecule has 112 valence electrons. The maximum absolute atomic E-state index is 14.0. The van der Waals surface area contributed by atoms with E-state index in [9.17, 15) is 9.18 Å². The molecule has 1 atom stereocenters. The number of nitrogens with one attached hydrogen (secondary N) is 1. The molecule has 2 N–H and O–H groups in total. The lowest BCUT2D eigenvalue weighted by atomic mass is 10.0. The lowest BCUT2D eigenvalue weighted by Gasteiger charge is -2.30. The molecule has 1 amide bonds. The number of halogens is 1. The van der Waals surface area contributed by atoms with Crippen molar-refractivity contribution in [3.63, 3.8) is 0 Å². The minimum atomic E-state index is -0.596. The van der Waals surface area contributed by atoms with Crippen molar-refractivity contribution in [1.29, 1.82) is 0 Å². The summed E-state index contributed by atoms with van der Waals surface area (Å²) in [6, 6.07) is 4.28. The highest BCUT2D eigenvalue weighted by Gasteiger charge is 2.21. The van der Waals surface area contributed by atoms with E-state index in [1.54, 1.807) is 6.07 Å². The Kier molecular flexibility index (Phi) is 5.32. The lowest BCUT2D eigenvalue weighted by Crippen LogP contribution is -2.46. The summed E-state index contributed by atoms with van der Waals surface area (Å²) >= 11 is 0. The lowest BCUT2D eigenvalue weighted by molar-refractivity contribution is 0.0908. The molecule has 1 heterocycles. The molecule has 1 aliphatic rings. The highest BCUT2D eigenvalue weighted by molar-refractivity contribution is 5.94. The number of carbonyl (C=O) groups excluding carboxylic acids is 1. The zero-order chi connectivity index (χ0) is 15.2. The van der Waals surface area contributed by atoms with Gasteiger partial charge < -0.3 is 15.3 Å². The Balaban J connectivity index is 2.05. The van der Waals surface area contributed by atoms with Crippen LogP contribution in [0.15, 0.2) is 18.2 Å². The Hall–Kier alpha value is -1.90. The first-order chi connectivity index (χ1) is 10.1. The van der Waals surface area contributed by atoms with Gasteiger partial charge in [0.2, 0.25) is 0 Å². The highest BCUT2D eigenvalue weighted by atomic mass is 19.1. The number of likely N-dealkylation sites (tertiary alicyclic amines) is 1. The maximum atomic E-state index is 14.0. The van der Waals surface area contributed by atoms with Crippen molar-refractivity contribution in [2.75, 3.05) is 26.7 Å². The van der Waals surface area contributed by atoms with Crippen molar-refractivity contribution in [2.24, 2.45) is 0 Å². The number of carbonyl (C=O) groups is 1. The molecule has 0 bridgehead atoms. The normalized spacial score (nSPS) is 18.7. The highest BCUT2D eigenvalue weighted by Crippen LogP contribution is 2.12. The third-order valence-electron chi connectivity index (χ3n) is 3.49. The van der Waals surface area contributed by atoms with Crippen LogP contribution in [0.25, 0.3) is 0 Å². The van der Waals surface area contributed by atoms with Gasteiger partial charge in [-0.15, -0.1) is 0 Å². The number of rotatable bonds is 2. The van der Waals surface area contributed by atoms with Crippen LogP contribution in [0.4, 0.5) is 4.39 Å². The van der Waals surface area contributed by atoms with E-state index in [-0.39, 0.29) is 18.2 Å². The van der Waals surface area contributed by atoms with Crippen LogP contribution in [0.3, 0.4) is 0 Å². The summed E-state index contributed by atoms with van der Waals surface area (Å²) in [6.07, 6.45) is 1.94. The van der Waals surface area contributed by atoms with E-state index < -0.39 is 11.7 Å². The molecule has 1 aromatic rings. The fourth-order valence-electron chi connectivity index (χ4n) is 2.47. The molecular weight excluding hydrogens is 271 g/mol. The fourth-order valence-corrected chi connectivity index (χ4v) is 2.47. The van der Waals surface area contributed by atoms with Crippen LogP contribution in [-0.2, 0) is 0 Å². The van der Waals surface area contributed by atoms with Crippen LogP contribution >= 0.6 is 0 Å². The second kappa shape index (κ2) is 7.21. The number of amides is 1. The van der Waals surface area contributed by atoms with Crippen LogP contribution in [-0.4, -0.2) is 48.7 Å². The molecule has 1 aliphatic heterocycles. The molecule has 2 rings (SSSR count). The van der Waals surface area contributed by atoms with Crippen LogP contribution in [0.5, 0.6) is 0 Å². The van der Waals surface area contributed by atoms with Crippen molar-refractivity contribution in [1.82, 2.24) is 10.2 Å². The van der Waals surface area contributed by atoms with E-state index in [4.69, 9.17) is 5.11 Å². The Morgan fingerprint density at radius 1 is 1.57 bits per heavy atom. The minimum absolute atomic E-state index is 0.0257. The van der Waals surface area contributed by atoms with Crippen molar-refractivity contribution in [3.05, 3.63) is 35.1 Å². The second-order valence-corrected chi connectivity index (χ2v) is 5.23. The smallest absolute Gasteiger partial charge is 0.254 e. The number of hydrogen-bond donors (Lipinski definition) is 2. The molecule has 0 saturated carbocycles. The van der Waals surface area contributed by atoms with Crippen LogP contribution in [0.1, 0.15) is 28.8 Å². The Morgan fingerprint density at radius 3 is 3.05 bits per heavy atom. The first kappa shape index (κ1) is 15.5. The summed E-state index contributed by atoms with van der Waals surface area (Å²) < 4.78 is 14.0. The molecule has 0 radical (unpaired) electrons. The van der Waals surface area contributed by atoms with Gasteiger partial charge in [0.1, 0.15) is 12.4 Å². The van der Waals surface area contributed by atoms with Crippen LogP contribution < -0.4 is 5.32 Å². The van der Waals surface area contributed by atoms with E-state index >= 15 is 0 Å². The number of benzene rings is 1. The van der Waals surface area contributed by atoms with Crippen molar-refractivity contribution >= 4 is 5.91 Å². The van der Waals surface area contributed by atoms with Gasteiger partial charge in [0, 0.05) is 18.2 Å². The van der Waals surface area contributed by atoms with Gasteiger partial charge in [0.25, 0.3) is 5.91 Å². The average molecular weight is 290 g/mol. The summed E-state index contributed by atoms with van der Waals surface area (Å²) in [5, 5.41) is 11.5. The molecule has 1 aromatic carbocycles. The fraction of sp³-hybridized carbons (Fsp3) is 0.438. The predicted molar refractivity (Wildman–Crippen MR) is 78.3 cm³/mol. The molecule has 1 fully saturated rings. The second-order valence-electron chi connectivity index (χ2n) is 5.23. The SMILES string of the molecule is CN1CCCC(NC(=O)c2ccc(C#CCO)cc2F)C1. The topological polar surface area (TPSA) is 52.6 Å². The average Bonchev–Trinajstić information content (AvgIpc) is 2.45. The van der Waals surface area contributed by atoms with Gasteiger partial charge in [-0.25, -0.2) is 4.39 Å². The van der Waals surface area contributed by atoms with E-state index in [0.29, 0.717) is 5.56 Å². The number of aliphatic hydroxyl groups excluding tert-OH is 1. The van der Waals surface area contributed by atoms with Gasteiger partial charge in [-0.2, -0.15) is 0 Å². The first-order valence-corrected chi connectivity index (χ1v) is 6.99. The van der Waals surface area contributed by atoms with E-state index in [2.05, 4.69) is 22.1 Å². The van der Waals surface area contributed by atoms with E-state index in [1.165, 1.54) is 12.1 Å². The summed E-state index contributed by atoms with van der Waals surface area (Å²) in [5.41, 5.74) is 0.466.